The van der Waals surface area contributed by atoms with Crippen molar-refractivity contribution >= 4 is 27.5 Å². The molecule has 1 N–H and O–H groups in total. The number of rotatable bonds is 6. The second kappa shape index (κ2) is 9.37. The predicted molar refractivity (Wildman–Crippen MR) is 117 cm³/mol. The molecule has 2 atom stereocenters. The van der Waals surface area contributed by atoms with Gasteiger partial charge in [0.15, 0.2) is 0 Å². The minimum absolute atomic E-state index is 0.139. The zero-order chi connectivity index (χ0) is 21.9. The number of piperidine rings is 1. The quantitative estimate of drug-likeness (QED) is 0.723. The summed E-state index contributed by atoms with van der Waals surface area (Å²) in [6.45, 7) is 4.27. The molecule has 8 heteroatoms. The minimum Gasteiger partial charge on any atom is -0.495 e. The van der Waals surface area contributed by atoms with Crippen LogP contribution >= 0.6 is 11.6 Å². The molecule has 1 heterocycles. The molecule has 6 nitrogen and oxygen atoms in total. The number of nitrogens with zero attached hydrogens (tertiary/aromatic N) is 1. The summed E-state index contributed by atoms with van der Waals surface area (Å²) in [5.41, 5.74) is 1.77. The van der Waals surface area contributed by atoms with E-state index in [9.17, 15) is 13.2 Å². The van der Waals surface area contributed by atoms with E-state index in [2.05, 4.69) is 5.32 Å². The van der Waals surface area contributed by atoms with Crippen molar-refractivity contribution < 1.29 is 17.9 Å². The Bertz CT molecular complexity index is 1010. The highest BCUT2D eigenvalue weighted by atomic mass is 35.5. The van der Waals surface area contributed by atoms with Gasteiger partial charge in [0.25, 0.3) is 0 Å². The Hall–Kier alpha value is -2.09. The number of ether oxygens (including phenoxy) is 1. The Morgan fingerprint density at radius 3 is 2.60 bits per heavy atom. The van der Waals surface area contributed by atoms with Crippen LogP contribution in [0.25, 0.3) is 0 Å². The van der Waals surface area contributed by atoms with Crippen molar-refractivity contribution in [3.05, 3.63) is 58.6 Å². The van der Waals surface area contributed by atoms with Gasteiger partial charge in [-0.2, -0.15) is 4.31 Å². The first kappa shape index (κ1) is 22.6. The highest BCUT2D eigenvalue weighted by Gasteiger charge is 2.35. The van der Waals surface area contributed by atoms with Gasteiger partial charge in [-0.1, -0.05) is 29.8 Å². The fourth-order valence-electron chi connectivity index (χ4n) is 3.67. The third-order valence-electron chi connectivity index (χ3n) is 5.42. The van der Waals surface area contributed by atoms with Crippen molar-refractivity contribution in [1.29, 1.82) is 0 Å². The molecule has 1 saturated heterocycles. The summed E-state index contributed by atoms with van der Waals surface area (Å²) in [7, 11) is -2.31. The van der Waals surface area contributed by atoms with Crippen LogP contribution in [-0.2, 0) is 14.8 Å². The monoisotopic (exact) mass is 450 g/mol. The highest BCUT2D eigenvalue weighted by Crippen LogP contribution is 2.31. The maximum atomic E-state index is 13.3. The highest BCUT2D eigenvalue weighted by molar-refractivity contribution is 7.89. The lowest BCUT2D eigenvalue weighted by molar-refractivity contribution is -0.126. The largest absolute Gasteiger partial charge is 0.495 e. The van der Waals surface area contributed by atoms with E-state index in [1.807, 2.05) is 32.0 Å². The van der Waals surface area contributed by atoms with E-state index < -0.39 is 15.9 Å². The summed E-state index contributed by atoms with van der Waals surface area (Å²) in [6, 6.07) is 12.2. The third kappa shape index (κ3) is 4.96. The number of nitrogens with one attached hydrogen (secondary N) is 1. The standard InChI is InChI=1S/C22H27ClN2O4S/c1-15-6-11-20(29-3)21(13-15)30(27,28)25-12-4-5-18(14-25)22(26)24-16(2)17-7-9-19(23)10-8-17/h6-11,13,16,18H,4-5,12,14H2,1-3H3,(H,24,26)/t16-,18-/m0/s1. The van der Waals surface area contributed by atoms with Gasteiger partial charge in [-0.05, 0) is 62.1 Å². The first-order valence-corrected chi connectivity index (χ1v) is 11.7. The van der Waals surface area contributed by atoms with E-state index in [1.54, 1.807) is 24.3 Å². The fourth-order valence-corrected chi connectivity index (χ4v) is 5.56. The number of methoxy groups -OCH3 is 1. The second-order valence-corrected chi connectivity index (χ2v) is 9.98. The second-order valence-electron chi connectivity index (χ2n) is 7.64. The van der Waals surface area contributed by atoms with Crippen molar-refractivity contribution in [1.82, 2.24) is 9.62 Å². The lowest BCUT2D eigenvalue weighted by Gasteiger charge is -2.32. The van der Waals surface area contributed by atoms with Crippen molar-refractivity contribution in [3.63, 3.8) is 0 Å². The van der Waals surface area contributed by atoms with Crippen LogP contribution in [0.3, 0.4) is 0 Å². The summed E-state index contributed by atoms with van der Waals surface area (Å²) in [6.07, 6.45) is 1.27. The number of benzene rings is 2. The topological polar surface area (TPSA) is 75.7 Å². The lowest BCUT2D eigenvalue weighted by Crippen LogP contribution is -2.45. The number of hydrogen-bond acceptors (Lipinski definition) is 4. The van der Waals surface area contributed by atoms with E-state index in [1.165, 1.54) is 11.4 Å². The van der Waals surface area contributed by atoms with Crippen molar-refractivity contribution in [2.45, 2.75) is 37.6 Å². The molecule has 1 aliphatic rings. The van der Waals surface area contributed by atoms with Crippen LogP contribution < -0.4 is 10.1 Å². The summed E-state index contributed by atoms with van der Waals surface area (Å²) in [5, 5.41) is 3.64. The molecule has 0 aromatic heterocycles. The van der Waals surface area contributed by atoms with Gasteiger partial charge in [0.2, 0.25) is 15.9 Å². The van der Waals surface area contributed by atoms with Crippen molar-refractivity contribution in [2.24, 2.45) is 5.92 Å². The number of halogens is 1. The van der Waals surface area contributed by atoms with Gasteiger partial charge in [-0.3, -0.25) is 4.79 Å². The Kier molecular flexibility index (Phi) is 7.06. The van der Waals surface area contributed by atoms with Crippen molar-refractivity contribution in [3.8, 4) is 5.75 Å². The number of carbonyl (C=O) groups is 1. The van der Waals surface area contributed by atoms with E-state index in [4.69, 9.17) is 16.3 Å². The van der Waals surface area contributed by atoms with Gasteiger partial charge in [0, 0.05) is 18.1 Å². The summed E-state index contributed by atoms with van der Waals surface area (Å²) < 4.78 is 33.2. The van der Waals surface area contributed by atoms with E-state index in [0.29, 0.717) is 30.2 Å². The number of aryl methyl sites for hydroxylation is 1. The van der Waals surface area contributed by atoms with Crippen LogP contribution in [0, 0.1) is 12.8 Å². The van der Waals surface area contributed by atoms with Crippen LogP contribution in [0.2, 0.25) is 5.02 Å². The molecule has 0 radical (unpaired) electrons. The first-order chi connectivity index (χ1) is 14.2. The Morgan fingerprint density at radius 1 is 1.23 bits per heavy atom. The van der Waals surface area contributed by atoms with Crippen LogP contribution in [0.15, 0.2) is 47.4 Å². The average Bonchev–Trinajstić information content (AvgIpc) is 2.74. The molecule has 2 aromatic carbocycles. The molecule has 30 heavy (non-hydrogen) atoms. The molecule has 1 amide bonds. The number of hydrogen-bond donors (Lipinski definition) is 1. The molecule has 162 valence electrons. The van der Waals surface area contributed by atoms with Gasteiger partial charge in [0.05, 0.1) is 19.1 Å². The molecule has 2 aromatic rings. The number of sulfonamides is 1. The summed E-state index contributed by atoms with van der Waals surface area (Å²) in [5.74, 6) is -0.240. The molecule has 0 saturated carbocycles. The normalized spacial score (nSPS) is 18.6. The van der Waals surface area contributed by atoms with E-state index in [0.717, 1.165) is 11.1 Å². The van der Waals surface area contributed by atoms with Crippen molar-refractivity contribution in [2.75, 3.05) is 20.2 Å². The molecule has 1 aliphatic heterocycles. The predicted octanol–water partition coefficient (Wildman–Crippen LogP) is 3.94. The maximum Gasteiger partial charge on any atom is 0.246 e. The van der Waals surface area contributed by atoms with Crippen LogP contribution in [0.5, 0.6) is 5.75 Å². The van der Waals surface area contributed by atoms with Gasteiger partial charge in [0.1, 0.15) is 10.6 Å². The van der Waals surface area contributed by atoms with E-state index in [-0.39, 0.29) is 23.4 Å². The van der Waals surface area contributed by atoms with Crippen LogP contribution in [0.4, 0.5) is 0 Å². The SMILES string of the molecule is COc1ccc(C)cc1S(=O)(=O)N1CCC[C@H](C(=O)N[C@@H](C)c2ccc(Cl)cc2)C1. The Labute approximate surface area is 183 Å². The third-order valence-corrected chi connectivity index (χ3v) is 7.56. The Balaban J connectivity index is 1.73. The van der Waals surface area contributed by atoms with Gasteiger partial charge in [-0.15, -0.1) is 0 Å². The number of amides is 1. The Morgan fingerprint density at radius 2 is 1.93 bits per heavy atom. The van der Waals surface area contributed by atoms with Gasteiger partial charge in [-0.25, -0.2) is 8.42 Å². The molecule has 0 aliphatic carbocycles. The molecule has 0 unspecified atom stereocenters. The molecular formula is C22H27ClN2O4S. The zero-order valence-corrected chi connectivity index (χ0v) is 19.0. The van der Waals surface area contributed by atoms with Gasteiger partial charge >= 0.3 is 0 Å². The number of carbonyl (C=O) groups excluding carboxylic acids is 1. The van der Waals surface area contributed by atoms with Gasteiger partial charge < -0.3 is 10.1 Å². The lowest BCUT2D eigenvalue weighted by atomic mass is 9.98. The van der Waals surface area contributed by atoms with E-state index >= 15 is 0 Å². The average molecular weight is 451 g/mol. The summed E-state index contributed by atoms with van der Waals surface area (Å²) >= 11 is 5.93. The molecule has 3 rings (SSSR count). The maximum absolute atomic E-state index is 13.3. The molecule has 0 bridgehead atoms. The first-order valence-electron chi connectivity index (χ1n) is 9.93. The van der Waals surface area contributed by atoms with Crippen LogP contribution in [0.1, 0.15) is 36.9 Å². The smallest absolute Gasteiger partial charge is 0.246 e. The van der Waals surface area contributed by atoms with Crippen LogP contribution in [-0.4, -0.2) is 38.8 Å². The minimum atomic E-state index is -3.77. The summed E-state index contributed by atoms with van der Waals surface area (Å²) in [4.78, 5) is 13.0. The zero-order valence-electron chi connectivity index (χ0n) is 17.4. The fraction of sp³-hybridized carbons (Fsp3) is 0.409. The molecule has 0 spiro atoms. The molecule has 1 fully saturated rings. The molecular weight excluding hydrogens is 424 g/mol.